The van der Waals surface area contributed by atoms with Gasteiger partial charge in [-0.2, -0.15) is 18.3 Å². The number of hydrogen-bond acceptors (Lipinski definition) is 3. The molecule has 4 aromatic rings. The Morgan fingerprint density at radius 1 is 1.03 bits per heavy atom. The number of benzene rings is 2. The third-order valence-electron chi connectivity index (χ3n) is 4.27. The molecule has 0 radical (unpaired) electrons. The minimum Gasteiger partial charge on any atom is -0.319 e. The minimum absolute atomic E-state index is 0.0972. The molecule has 0 atom stereocenters. The molecule has 1 N–H and O–H groups in total. The van der Waals surface area contributed by atoms with Gasteiger partial charge in [0.1, 0.15) is 0 Å². The standard InChI is InChI=1S/C20H10BrCl2F3N4O/c21-11-3-1-10(2-4-11)15-8-17(20(24,25)26)30-18(27-15)9-16(29-30)19(31)28-14-6-5-12(22)7-13(14)23/h1-9H,(H,28,31). The van der Waals surface area contributed by atoms with Crippen LogP contribution in [-0.2, 0) is 6.18 Å². The maximum absolute atomic E-state index is 13.7. The lowest BCUT2D eigenvalue weighted by atomic mass is 10.1. The van der Waals surface area contributed by atoms with Crippen molar-refractivity contribution in [3.63, 3.8) is 0 Å². The summed E-state index contributed by atoms with van der Waals surface area (Å²) < 4.78 is 42.5. The van der Waals surface area contributed by atoms with E-state index in [1.807, 2.05) is 0 Å². The summed E-state index contributed by atoms with van der Waals surface area (Å²) in [7, 11) is 0. The summed E-state index contributed by atoms with van der Waals surface area (Å²) in [6.45, 7) is 0. The first-order chi connectivity index (χ1) is 14.6. The second-order valence-corrected chi connectivity index (χ2v) is 8.17. The topological polar surface area (TPSA) is 59.3 Å². The molecule has 4 rings (SSSR count). The number of aromatic nitrogens is 3. The van der Waals surface area contributed by atoms with E-state index in [1.54, 1.807) is 24.3 Å². The average molecular weight is 530 g/mol. The highest BCUT2D eigenvalue weighted by atomic mass is 79.9. The molecular weight excluding hydrogens is 520 g/mol. The Labute approximate surface area is 191 Å². The van der Waals surface area contributed by atoms with E-state index in [2.05, 4.69) is 31.3 Å². The first-order valence-corrected chi connectivity index (χ1v) is 10.2. The van der Waals surface area contributed by atoms with Crippen molar-refractivity contribution in [1.29, 1.82) is 0 Å². The van der Waals surface area contributed by atoms with Gasteiger partial charge >= 0.3 is 6.18 Å². The number of nitrogens with zero attached hydrogens (tertiary/aromatic N) is 3. The zero-order chi connectivity index (χ0) is 22.3. The summed E-state index contributed by atoms with van der Waals surface area (Å²) in [6.07, 6.45) is -4.72. The number of carbonyl (C=O) groups is 1. The number of fused-ring (bicyclic) bond motifs is 1. The molecule has 0 unspecified atom stereocenters. The average Bonchev–Trinajstić information content (AvgIpc) is 3.13. The molecule has 0 saturated carbocycles. The van der Waals surface area contributed by atoms with Crippen LogP contribution in [-0.4, -0.2) is 20.5 Å². The first kappa shape index (κ1) is 21.6. The van der Waals surface area contributed by atoms with Crippen molar-refractivity contribution in [3.8, 4) is 11.3 Å². The van der Waals surface area contributed by atoms with Crippen molar-refractivity contribution in [2.45, 2.75) is 6.18 Å². The number of nitrogens with one attached hydrogen (secondary N) is 1. The van der Waals surface area contributed by atoms with Gasteiger partial charge < -0.3 is 5.32 Å². The Morgan fingerprint density at radius 3 is 2.39 bits per heavy atom. The van der Waals surface area contributed by atoms with Gasteiger partial charge in [0.25, 0.3) is 5.91 Å². The summed E-state index contributed by atoms with van der Waals surface area (Å²) in [5, 5.41) is 6.87. The first-order valence-electron chi connectivity index (χ1n) is 8.62. The molecule has 2 aromatic heterocycles. The maximum Gasteiger partial charge on any atom is 0.433 e. The lowest BCUT2D eigenvalue weighted by Crippen LogP contribution is -2.16. The molecule has 0 aliphatic rings. The van der Waals surface area contributed by atoms with Crippen LogP contribution >= 0.6 is 39.1 Å². The summed E-state index contributed by atoms with van der Waals surface area (Å²) in [5.41, 5.74) is -0.611. The molecule has 0 saturated heterocycles. The fraction of sp³-hybridized carbons (Fsp3) is 0.0500. The van der Waals surface area contributed by atoms with Crippen LogP contribution in [0.15, 0.2) is 59.1 Å². The normalized spacial score (nSPS) is 11.7. The molecule has 0 aliphatic heterocycles. The number of rotatable bonds is 3. The van der Waals surface area contributed by atoms with Crippen molar-refractivity contribution >= 4 is 56.4 Å². The van der Waals surface area contributed by atoms with Gasteiger partial charge in [-0.25, -0.2) is 9.50 Å². The van der Waals surface area contributed by atoms with Gasteiger partial charge in [0.15, 0.2) is 17.0 Å². The molecule has 158 valence electrons. The van der Waals surface area contributed by atoms with Gasteiger partial charge in [-0.3, -0.25) is 4.79 Å². The van der Waals surface area contributed by atoms with Crippen LogP contribution in [0.25, 0.3) is 16.9 Å². The Bertz CT molecular complexity index is 1310. The highest BCUT2D eigenvalue weighted by Gasteiger charge is 2.35. The van der Waals surface area contributed by atoms with Crippen molar-refractivity contribution in [2.24, 2.45) is 0 Å². The predicted octanol–water partition coefficient (Wildman–Crippen LogP) is 6.74. The number of hydrogen-bond donors (Lipinski definition) is 1. The molecule has 2 aromatic carbocycles. The van der Waals surface area contributed by atoms with Crippen LogP contribution in [0.4, 0.5) is 18.9 Å². The number of halogens is 6. The quantitative estimate of drug-likeness (QED) is 0.320. The van der Waals surface area contributed by atoms with Gasteiger partial charge in [-0.15, -0.1) is 0 Å². The van der Waals surface area contributed by atoms with Crippen LogP contribution in [0.5, 0.6) is 0 Å². The van der Waals surface area contributed by atoms with Crippen molar-refractivity contribution in [2.75, 3.05) is 5.32 Å². The molecule has 11 heteroatoms. The Kier molecular flexibility index (Phi) is 5.67. The maximum atomic E-state index is 13.7. The highest BCUT2D eigenvalue weighted by molar-refractivity contribution is 9.10. The number of amides is 1. The minimum atomic E-state index is -4.72. The third kappa shape index (κ3) is 4.53. The van der Waals surface area contributed by atoms with E-state index in [9.17, 15) is 18.0 Å². The number of carbonyl (C=O) groups excluding carboxylic acids is 1. The molecule has 2 heterocycles. The van der Waals surface area contributed by atoms with Crippen molar-refractivity contribution in [1.82, 2.24) is 14.6 Å². The summed E-state index contributed by atoms with van der Waals surface area (Å²) >= 11 is 15.1. The van der Waals surface area contributed by atoms with Crippen LogP contribution in [0, 0.1) is 0 Å². The van der Waals surface area contributed by atoms with Gasteiger partial charge in [-0.1, -0.05) is 51.3 Å². The van der Waals surface area contributed by atoms with Gasteiger partial charge in [0.05, 0.1) is 16.4 Å². The molecule has 0 aliphatic carbocycles. The van der Waals surface area contributed by atoms with Gasteiger partial charge in [0.2, 0.25) is 0 Å². The zero-order valence-corrected chi connectivity index (χ0v) is 18.3. The smallest absolute Gasteiger partial charge is 0.319 e. The van der Waals surface area contributed by atoms with Gasteiger partial charge in [0, 0.05) is 21.1 Å². The molecular formula is C20H10BrCl2F3N4O. The molecule has 1 amide bonds. The zero-order valence-electron chi connectivity index (χ0n) is 15.2. The van der Waals surface area contributed by atoms with Crippen LogP contribution in [0.2, 0.25) is 10.0 Å². The van der Waals surface area contributed by atoms with Crippen LogP contribution in [0.3, 0.4) is 0 Å². The SMILES string of the molecule is O=C(Nc1ccc(Cl)cc1Cl)c1cc2nc(-c3ccc(Br)cc3)cc(C(F)(F)F)n2n1. The second-order valence-electron chi connectivity index (χ2n) is 6.41. The van der Waals surface area contributed by atoms with E-state index >= 15 is 0 Å². The van der Waals surface area contributed by atoms with E-state index in [4.69, 9.17) is 23.2 Å². The second kappa shape index (κ2) is 8.14. The Morgan fingerprint density at radius 2 is 1.74 bits per heavy atom. The van der Waals surface area contributed by atoms with E-state index in [0.717, 1.165) is 10.5 Å². The van der Waals surface area contributed by atoms with Crippen LogP contribution < -0.4 is 5.32 Å². The Hall–Kier alpha value is -2.62. The summed E-state index contributed by atoms with van der Waals surface area (Å²) in [5.74, 6) is -0.743. The van der Waals surface area contributed by atoms with E-state index in [0.29, 0.717) is 15.1 Å². The van der Waals surface area contributed by atoms with E-state index < -0.39 is 17.8 Å². The molecule has 0 fully saturated rings. The lowest BCUT2D eigenvalue weighted by molar-refractivity contribution is -0.142. The molecule has 5 nitrogen and oxygen atoms in total. The summed E-state index contributed by atoms with van der Waals surface area (Å²) in [6, 6.07) is 13.1. The van der Waals surface area contributed by atoms with Crippen molar-refractivity contribution in [3.05, 3.63) is 80.5 Å². The number of alkyl halides is 3. The van der Waals surface area contributed by atoms with Crippen LogP contribution in [0.1, 0.15) is 16.2 Å². The third-order valence-corrected chi connectivity index (χ3v) is 5.35. The van der Waals surface area contributed by atoms with E-state index in [-0.39, 0.29) is 27.7 Å². The number of anilines is 1. The van der Waals surface area contributed by atoms with Crippen molar-refractivity contribution < 1.29 is 18.0 Å². The molecule has 0 spiro atoms. The molecule has 0 bridgehead atoms. The lowest BCUT2D eigenvalue weighted by Gasteiger charge is -2.11. The Balaban J connectivity index is 1.78. The highest BCUT2D eigenvalue weighted by Crippen LogP contribution is 2.33. The fourth-order valence-corrected chi connectivity index (χ4v) is 3.55. The largest absolute Gasteiger partial charge is 0.433 e. The predicted molar refractivity (Wildman–Crippen MR) is 116 cm³/mol. The summed E-state index contributed by atoms with van der Waals surface area (Å²) in [4.78, 5) is 16.8. The van der Waals surface area contributed by atoms with Gasteiger partial charge in [-0.05, 0) is 36.4 Å². The fourth-order valence-electron chi connectivity index (χ4n) is 2.83. The monoisotopic (exact) mass is 528 g/mol. The van der Waals surface area contributed by atoms with E-state index in [1.165, 1.54) is 24.3 Å². The molecule has 31 heavy (non-hydrogen) atoms.